The van der Waals surface area contributed by atoms with E-state index in [4.69, 9.17) is 0 Å². The SMILES string of the molecule is CC(C)=C/C=C(\C)N(C)C(C)C. The average molecular weight is 167 g/mol. The van der Waals surface area contributed by atoms with Crippen LogP contribution in [0.25, 0.3) is 0 Å². The van der Waals surface area contributed by atoms with E-state index in [9.17, 15) is 0 Å². The van der Waals surface area contributed by atoms with E-state index < -0.39 is 0 Å². The van der Waals surface area contributed by atoms with Gasteiger partial charge >= 0.3 is 0 Å². The summed E-state index contributed by atoms with van der Waals surface area (Å²) in [6.45, 7) is 10.7. The second kappa shape index (κ2) is 5.02. The zero-order valence-corrected chi connectivity index (χ0v) is 9.18. The standard InChI is InChI=1S/C11H21N/c1-9(2)7-8-11(5)12(6)10(3)4/h7-8,10H,1-6H3/b11-8+. The molecule has 0 saturated carbocycles. The number of hydrogen-bond acceptors (Lipinski definition) is 1. The molecule has 70 valence electrons. The molecular formula is C11H21N. The van der Waals surface area contributed by atoms with E-state index in [0.717, 1.165) is 0 Å². The summed E-state index contributed by atoms with van der Waals surface area (Å²) >= 11 is 0. The number of rotatable bonds is 3. The van der Waals surface area contributed by atoms with Gasteiger partial charge in [-0.25, -0.2) is 0 Å². The zero-order valence-electron chi connectivity index (χ0n) is 9.18. The molecule has 0 saturated heterocycles. The van der Waals surface area contributed by atoms with E-state index in [1.54, 1.807) is 0 Å². The Hall–Kier alpha value is -0.720. The minimum absolute atomic E-state index is 0.576. The van der Waals surface area contributed by atoms with Crippen molar-refractivity contribution in [1.29, 1.82) is 0 Å². The third kappa shape index (κ3) is 4.22. The van der Waals surface area contributed by atoms with Gasteiger partial charge < -0.3 is 4.90 Å². The van der Waals surface area contributed by atoms with Crippen LogP contribution in [0.15, 0.2) is 23.4 Å². The number of allylic oxidation sites excluding steroid dienone is 4. The Balaban J connectivity index is 4.28. The van der Waals surface area contributed by atoms with Crippen LogP contribution in [0.1, 0.15) is 34.6 Å². The third-order valence-corrected chi connectivity index (χ3v) is 1.99. The quantitative estimate of drug-likeness (QED) is 0.583. The van der Waals surface area contributed by atoms with Crippen molar-refractivity contribution < 1.29 is 0 Å². The van der Waals surface area contributed by atoms with Gasteiger partial charge in [0, 0.05) is 18.8 Å². The predicted molar refractivity (Wildman–Crippen MR) is 56.1 cm³/mol. The largest absolute Gasteiger partial charge is 0.376 e. The van der Waals surface area contributed by atoms with Crippen molar-refractivity contribution >= 4 is 0 Å². The predicted octanol–water partition coefficient (Wildman–Crippen LogP) is 3.20. The molecule has 12 heavy (non-hydrogen) atoms. The molecule has 0 aliphatic heterocycles. The Labute approximate surface area is 76.8 Å². The smallest absolute Gasteiger partial charge is 0.0227 e. The maximum atomic E-state index is 2.26. The molecule has 0 aromatic rings. The molecule has 0 aromatic heterocycles. The molecule has 0 radical (unpaired) electrons. The fraction of sp³-hybridized carbons (Fsp3) is 0.636. The van der Waals surface area contributed by atoms with Crippen molar-refractivity contribution in [2.24, 2.45) is 0 Å². The van der Waals surface area contributed by atoms with Gasteiger partial charge in [0.05, 0.1) is 0 Å². The number of nitrogens with zero attached hydrogens (tertiary/aromatic N) is 1. The second-order valence-electron chi connectivity index (χ2n) is 3.76. The highest BCUT2D eigenvalue weighted by molar-refractivity contribution is 5.13. The first-order valence-electron chi connectivity index (χ1n) is 4.49. The van der Waals surface area contributed by atoms with Gasteiger partial charge in [-0.05, 0) is 40.7 Å². The molecule has 0 rings (SSSR count). The van der Waals surface area contributed by atoms with Gasteiger partial charge in [-0.1, -0.05) is 11.6 Å². The van der Waals surface area contributed by atoms with E-state index in [1.165, 1.54) is 11.3 Å². The summed E-state index contributed by atoms with van der Waals surface area (Å²) in [5.41, 5.74) is 2.65. The maximum Gasteiger partial charge on any atom is 0.0227 e. The summed E-state index contributed by atoms with van der Waals surface area (Å²) in [5.74, 6) is 0. The van der Waals surface area contributed by atoms with E-state index in [1.807, 2.05) is 0 Å². The first kappa shape index (κ1) is 11.3. The van der Waals surface area contributed by atoms with Crippen LogP contribution in [0.5, 0.6) is 0 Å². The van der Waals surface area contributed by atoms with Gasteiger partial charge in [0.2, 0.25) is 0 Å². The average Bonchev–Trinajstić information content (AvgIpc) is 1.98. The van der Waals surface area contributed by atoms with E-state index in [0.29, 0.717) is 6.04 Å². The van der Waals surface area contributed by atoms with Gasteiger partial charge in [0.15, 0.2) is 0 Å². The molecule has 0 spiro atoms. The molecule has 0 N–H and O–H groups in total. The number of hydrogen-bond donors (Lipinski definition) is 0. The molecule has 1 nitrogen and oxygen atoms in total. The zero-order chi connectivity index (χ0) is 9.72. The minimum Gasteiger partial charge on any atom is -0.376 e. The van der Waals surface area contributed by atoms with Crippen LogP contribution in [-0.2, 0) is 0 Å². The van der Waals surface area contributed by atoms with Crippen LogP contribution in [0.4, 0.5) is 0 Å². The van der Waals surface area contributed by atoms with Crippen LogP contribution < -0.4 is 0 Å². The highest BCUT2D eigenvalue weighted by Gasteiger charge is 2.01. The maximum absolute atomic E-state index is 2.26. The summed E-state index contributed by atoms with van der Waals surface area (Å²) in [6.07, 6.45) is 4.31. The Bertz CT molecular complexity index is 183. The molecular weight excluding hydrogens is 146 g/mol. The van der Waals surface area contributed by atoms with Crippen molar-refractivity contribution in [2.45, 2.75) is 40.7 Å². The molecule has 1 heteroatoms. The lowest BCUT2D eigenvalue weighted by Crippen LogP contribution is -2.23. The van der Waals surface area contributed by atoms with Crippen LogP contribution in [0.2, 0.25) is 0 Å². The van der Waals surface area contributed by atoms with E-state index in [-0.39, 0.29) is 0 Å². The van der Waals surface area contributed by atoms with Crippen molar-refractivity contribution in [2.75, 3.05) is 7.05 Å². The summed E-state index contributed by atoms with van der Waals surface area (Å²) in [7, 11) is 2.12. The van der Waals surface area contributed by atoms with E-state index >= 15 is 0 Å². The van der Waals surface area contributed by atoms with Crippen LogP contribution in [0, 0.1) is 0 Å². The van der Waals surface area contributed by atoms with E-state index in [2.05, 4.69) is 58.7 Å². The molecule has 0 atom stereocenters. The topological polar surface area (TPSA) is 3.24 Å². The molecule has 0 aliphatic rings. The molecule has 0 aliphatic carbocycles. The highest BCUT2D eigenvalue weighted by Crippen LogP contribution is 2.05. The monoisotopic (exact) mass is 167 g/mol. The molecule has 0 amide bonds. The van der Waals surface area contributed by atoms with Gasteiger partial charge in [0.25, 0.3) is 0 Å². The van der Waals surface area contributed by atoms with Crippen LogP contribution >= 0.6 is 0 Å². The molecule has 0 aromatic carbocycles. The Morgan fingerprint density at radius 3 is 1.92 bits per heavy atom. The summed E-state index contributed by atoms with van der Waals surface area (Å²) in [5, 5.41) is 0. The molecule has 0 fully saturated rings. The Kier molecular flexibility index (Phi) is 4.72. The van der Waals surface area contributed by atoms with Crippen molar-refractivity contribution in [3.05, 3.63) is 23.4 Å². The Morgan fingerprint density at radius 2 is 1.58 bits per heavy atom. The normalized spacial score (nSPS) is 11.8. The fourth-order valence-corrected chi connectivity index (χ4v) is 0.812. The van der Waals surface area contributed by atoms with Crippen molar-refractivity contribution in [3.63, 3.8) is 0 Å². The van der Waals surface area contributed by atoms with Crippen molar-refractivity contribution in [3.8, 4) is 0 Å². The highest BCUT2D eigenvalue weighted by atomic mass is 15.1. The van der Waals surface area contributed by atoms with Gasteiger partial charge in [0.1, 0.15) is 0 Å². The van der Waals surface area contributed by atoms with Gasteiger partial charge in [-0.15, -0.1) is 0 Å². The first-order valence-corrected chi connectivity index (χ1v) is 4.49. The second-order valence-corrected chi connectivity index (χ2v) is 3.76. The molecule has 0 bridgehead atoms. The summed E-state index contributed by atoms with van der Waals surface area (Å²) < 4.78 is 0. The van der Waals surface area contributed by atoms with Crippen molar-refractivity contribution in [1.82, 2.24) is 4.90 Å². The summed E-state index contributed by atoms with van der Waals surface area (Å²) in [6, 6.07) is 0.576. The van der Waals surface area contributed by atoms with Crippen LogP contribution in [0.3, 0.4) is 0 Å². The lowest BCUT2D eigenvalue weighted by atomic mass is 10.2. The van der Waals surface area contributed by atoms with Crippen LogP contribution in [-0.4, -0.2) is 18.0 Å². The van der Waals surface area contributed by atoms with Gasteiger partial charge in [-0.3, -0.25) is 0 Å². The van der Waals surface area contributed by atoms with Gasteiger partial charge in [-0.2, -0.15) is 0 Å². The lowest BCUT2D eigenvalue weighted by molar-refractivity contribution is 0.345. The molecule has 0 unspecified atom stereocenters. The Morgan fingerprint density at radius 1 is 1.08 bits per heavy atom. The minimum atomic E-state index is 0.576. The fourth-order valence-electron chi connectivity index (χ4n) is 0.812. The summed E-state index contributed by atoms with van der Waals surface area (Å²) in [4.78, 5) is 2.26. The first-order chi connectivity index (χ1) is 5.45. The lowest BCUT2D eigenvalue weighted by Gasteiger charge is -2.24. The molecule has 0 heterocycles. The third-order valence-electron chi connectivity index (χ3n) is 1.99.